The molecule has 1 aliphatic carbocycles. The zero-order chi connectivity index (χ0) is 24.2. The molecule has 0 radical (unpaired) electrons. The van der Waals surface area contributed by atoms with Crippen LogP contribution in [-0.2, 0) is 12.8 Å². The molecule has 5 nitrogen and oxygen atoms in total. The van der Waals surface area contributed by atoms with Crippen molar-refractivity contribution in [1.82, 2.24) is 4.57 Å². The number of rotatable bonds is 6. The number of carbonyl (C=O) groups is 1. The number of hydrogen-bond donors (Lipinski definition) is 1. The lowest BCUT2D eigenvalue weighted by atomic mass is 10.1. The Balaban J connectivity index is 1.47. The van der Waals surface area contributed by atoms with Gasteiger partial charge in [-0.25, -0.2) is 0 Å². The Morgan fingerprint density at radius 1 is 0.829 bits per heavy atom. The molecule has 5 rings (SSSR count). The molecule has 0 fully saturated rings. The summed E-state index contributed by atoms with van der Waals surface area (Å²) in [5.74, 6) is 1.04. The van der Waals surface area contributed by atoms with Crippen molar-refractivity contribution in [2.45, 2.75) is 32.1 Å². The maximum Gasteiger partial charge on any atom is 0.255 e. The average molecular weight is 467 g/mol. The minimum Gasteiger partial charge on any atom is -0.497 e. The third-order valence-corrected chi connectivity index (χ3v) is 6.66. The largest absolute Gasteiger partial charge is 0.497 e. The second kappa shape index (κ2) is 10.1. The molecule has 0 saturated carbocycles. The number of amides is 1. The number of methoxy groups -OCH3 is 2. The van der Waals surface area contributed by atoms with Gasteiger partial charge in [-0.2, -0.15) is 0 Å². The highest BCUT2D eigenvalue weighted by molar-refractivity contribution is 6.05. The molecular formula is C30H30N2O3. The maximum atomic E-state index is 13.0. The van der Waals surface area contributed by atoms with E-state index in [0.29, 0.717) is 22.7 Å². The number of anilines is 1. The molecule has 1 aromatic heterocycles. The van der Waals surface area contributed by atoms with E-state index in [1.165, 1.54) is 41.8 Å². The number of fused-ring (bicyclic) bond motifs is 1. The van der Waals surface area contributed by atoms with Crippen LogP contribution in [0.1, 0.15) is 40.9 Å². The molecule has 35 heavy (non-hydrogen) atoms. The van der Waals surface area contributed by atoms with Crippen molar-refractivity contribution in [3.63, 3.8) is 0 Å². The quantitative estimate of drug-likeness (QED) is 0.322. The fourth-order valence-electron chi connectivity index (χ4n) is 4.86. The van der Waals surface area contributed by atoms with Crippen LogP contribution in [0.5, 0.6) is 11.5 Å². The third kappa shape index (κ3) is 4.67. The fourth-order valence-corrected chi connectivity index (χ4v) is 4.86. The summed E-state index contributed by atoms with van der Waals surface area (Å²) in [6.45, 7) is 0. The summed E-state index contributed by atoms with van der Waals surface area (Å²) < 4.78 is 13.1. The molecule has 0 saturated heterocycles. The van der Waals surface area contributed by atoms with Crippen molar-refractivity contribution in [1.29, 1.82) is 0 Å². The summed E-state index contributed by atoms with van der Waals surface area (Å²) in [5, 5.41) is 2.95. The highest BCUT2D eigenvalue weighted by Crippen LogP contribution is 2.34. The van der Waals surface area contributed by atoms with Crippen LogP contribution in [0.3, 0.4) is 0 Å². The van der Waals surface area contributed by atoms with E-state index in [1.54, 1.807) is 32.4 Å². The first-order valence-electron chi connectivity index (χ1n) is 12.1. The van der Waals surface area contributed by atoms with E-state index in [1.807, 2.05) is 30.3 Å². The van der Waals surface area contributed by atoms with Gasteiger partial charge in [-0.15, -0.1) is 0 Å². The Morgan fingerprint density at radius 2 is 1.60 bits per heavy atom. The molecule has 0 spiro atoms. The number of aromatic nitrogens is 1. The first-order valence-corrected chi connectivity index (χ1v) is 12.1. The summed E-state index contributed by atoms with van der Waals surface area (Å²) >= 11 is 0. The van der Waals surface area contributed by atoms with Crippen LogP contribution < -0.4 is 14.8 Å². The van der Waals surface area contributed by atoms with Gasteiger partial charge in [-0.05, 0) is 79.3 Å². The maximum absolute atomic E-state index is 13.0. The van der Waals surface area contributed by atoms with Crippen LogP contribution in [0, 0.1) is 0 Å². The van der Waals surface area contributed by atoms with Gasteiger partial charge in [0.2, 0.25) is 0 Å². The second-order valence-electron chi connectivity index (χ2n) is 8.83. The number of carbonyl (C=O) groups excluding carboxylic acids is 1. The SMILES string of the molecule is COc1ccc(OC)c(NC(=O)c2ccc(-n3c(-c4ccccc4)cc4c3CCCCC4)cc2)c1. The van der Waals surface area contributed by atoms with Crippen molar-refractivity contribution in [3.8, 4) is 28.4 Å². The second-order valence-corrected chi connectivity index (χ2v) is 8.83. The number of nitrogens with one attached hydrogen (secondary N) is 1. The molecule has 1 amide bonds. The molecular weight excluding hydrogens is 436 g/mol. The fraction of sp³-hybridized carbons (Fsp3) is 0.233. The summed E-state index contributed by atoms with van der Waals surface area (Å²) in [5.41, 5.74) is 7.46. The van der Waals surface area contributed by atoms with E-state index in [2.05, 4.69) is 40.2 Å². The predicted molar refractivity (Wildman–Crippen MR) is 140 cm³/mol. The van der Waals surface area contributed by atoms with E-state index >= 15 is 0 Å². The molecule has 1 heterocycles. The summed E-state index contributed by atoms with van der Waals surface area (Å²) in [4.78, 5) is 13.0. The molecule has 0 unspecified atom stereocenters. The van der Waals surface area contributed by atoms with Gasteiger partial charge < -0.3 is 19.4 Å². The smallest absolute Gasteiger partial charge is 0.255 e. The van der Waals surface area contributed by atoms with E-state index in [0.717, 1.165) is 18.5 Å². The molecule has 4 aromatic rings. The Kier molecular flexibility index (Phi) is 6.57. The van der Waals surface area contributed by atoms with Crippen molar-refractivity contribution >= 4 is 11.6 Å². The van der Waals surface area contributed by atoms with Crippen molar-refractivity contribution < 1.29 is 14.3 Å². The molecule has 0 bridgehead atoms. The summed E-state index contributed by atoms with van der Waals surface area (Å²) in [7, 11) is 3.17. The van der Waals surface area contributed by atoms with Crippen LogP contribution in [0.4, 0.5) is 5.69 Å². The molecule has 0 aliphatic heterocycles. The highest BCUT2D eigenvalue weighted by Gasteiger charge is 2.20. The van der Waals surface area contributed by atoms with E-state index in [4.69, 9.17) is 9.47 Å². The number of benzene rings is 3. The number of nitrogens with zero attached hydrogens (tertiary/aromatic N) is 1. The van der Waals surface area contributed by atoms with Crippen LogP contribution in [0.15, 0.2) is 78.9 Å². The number of ether oxygens (including phenoxy) is 2. The standard InChI is InChI=1S/C30H30N2O3/c1-34-25-17-18-29(35-2)26(20-25)31-30(33)22-13-15-24(16-14-22)32-27-12-8-4-7-11-23(27)19-28(32)21-9-5-3-6-10-21/h3,5-6,9-10,13-20H,4,7-8,11-12H2,1-2H3,(H,31,33). The van der Waals surface area contributed by atoms with Crippen molar-refractivity contribution in [2.24, 2.45) is 0 Å². The van der Waals surface area contributed by atoms with Gasteiger partial charge in [0.25, 0.3) is 5.91 Å². The van der Waals surface area contributed by atoms with Gasteiger partial charge in [0.05, 0.1) is 25.6 Å². The first-order chi connectivity index (χ1) is 17.2. The lowest BCUT2D eigenvalue weighted by molar-refractivity contribution is 0.102. The summed E-state index contributed by atoms with van der Waals surface area (Å²) in [6, 6.07) is 26.1. The Hall–Kier alpha value is -3.99. The normalized spacial score (nSPS) is 13.0. The van der Waals surface area contributed by atoms with E-state index in [-0.39, 0.29) is 5.91 Å². The lowest BCUT2D eigenvalue weighted by Gasteiger charge is -2.15. The molecule has 5 heteroatoms. The van der Waals surface area contributed by atoms with Gasteiger partial charge in [-0.1, -0.05) is 36.8 Å². The monoisotopic (exact) mass is 466 g/mol. The predicted octanol–water partition coefficient (Wildman–Crippen LogP) is 6.68. The van der Waals surface area contributed by atoms with Crippen LogP contribution in [0.25, 0.3) is 16.9 Å². The third-order valence-electron chi connectivity index (χ3n) is 6.66. The zero-order valence-electron chi connectivity index (χ0n) is 20.2. The minimum atomic E-state index is -0.197. The molecule has 1 N–H and O–H groups in total. The topological polar surface area (TPSA) is 52.5 Å². The number of aryl methyl sites for hydroxylation is 1. The van der Waals surface area contributed by atoms with Crippen LogP contribution >= 0.6 is 0 Å². The molecule has 1 aliphatic rings. The van der Waals surface area contributed by atoms with Crippen molar-refractivity contribution in [3.05, 3.63) is 95.7 Å². The average Bonchev–Trinajstić information content (AvgIpc) is 3.11. The Morgan fingerprint density at radius 3 is 2.34 bits per heavy atom. The van der Waals surface area contributed by atoms with Gasteiger partial charge in [-0.3, -0.25) is 4.79 Å². The molecule has 0 atom stereocenters. The van der Waals surface area contributed by atoms with Crippen molar-refractivity contribution in [2.75, 3.05) is 19.5 Å². The zero-order valence-corrected chi connectivity index (χ0v) is 20.2. The van der Waals surface area contributed by atoms with Gasteiger partial charge in [0, 0.05) is 23.0 Å². The molecule has 3 aromatic carbocycles. The van der Waals surface area contributed by atoms with Crippen LogP contribution in [-0.4, -0.2) is 24.7 Å². The molecule has 178 valence electrons. The lowest BCUT2D eigenvalue weighted by Crippen LogP contribution is -2.13. The Labute approximate surface area is 206 Å². The van der Waals surface area contributed by atoms with Gasteiger partial charge in [0.1, 0.15) is 11.5 Å². The van der Waals surface area contributed by atoms with E-state index < -0.39 is 0 Å². The first kappa shape index (κ1) is 22.8. The summed E-state index contributed by atoms with van der Waals surface area (Å²) in [6.07, 6.45) is 5.89. The van der Waals surface area contributed by atoms with Crippen LogP contribution in [0.2, 0.25) is 0 Å². The number of hydrogen-bond acceptors (Lipinski definition) is 3. The Bertz CT molecular complexity index is 1320. The van der Waals surface area contributed by atoms with Gasteiger partial charge >= 0.3 is 0 Å². The van der Waals surface area contributed by atoms with Gasteiger partial charge in [0.15, 0.2) is 0 Å². The minimum absolute atomic E-state index is 0.197. The highest BCUT2D eigenvalue weighted by atomic mass is 16.5. The van der Waals surface area contributed by atoms with E-state index in [9.17, 15) is 4.79 Å².